The Bertz CT molecular complexity index is 106. The molecule has 0 heterocycles. The fourth-order valence-electron chi connectivity index (χ4n) is 0.469. The second-order valence-electron chi connectivity index (χ2n) is 2.21. The molecule has 0 saturated carbocycles. The molecule has 0 aliphatic heterocycles. The summed E-state index contributed by atoms with van der Waals surface area (Å²) in [4.78, 5) is 10.1. The minimum atomic E-state index is -0.440. The molecule has 10 heavy (non-hydrogen) atoms. The molecule has 3 N–H and O–H groups in total. The quantitative estimate of drug-likeness (QED) is 0.601. The molecule has 0 bridgehead atoms. The molecule has 0 atom stereocenters. The maximum Gasteiger partial charge on any atom is 0.312 e. The van der Waals surface area contributed by atoms with Crippen LogP contribution < -0.4 is 11.1 Å². The first-order chi connectivity index (χ1) is 4.63. The summed E-state index contributed by atoms with van der Waals surface area (Å²) in [6, 6.07) is -0.440. The zero-order chi connectivity index (χ0) is 7.98. The van der Waals surface area contributed by atoms with E-state index in [2.05, 4.69) is 19.2 Å². The summed E-state index contributed by atoms with van der Waals surface area (Å²) < 4.78 is 0. The number of hydrogen-bond acceptors (Lipinski definition) is 2. The summed E-state index contributed by atoms with van der Waals surface area (Å²) >= 11 is 1.80. The van der Waals surface area contributed by atoms with Gasteiger partial charge in [0, 0.05) is 12.3 Å². The third-order valence-corrected chi connectivity index (χ3v) is 1.96. The molecule has 4 heteroatoms. The number of nitrogens with one attached hydrogen (secondary N) is 1. The van der Waals surface area contributed by atoms with Crippen LogP contribution in [0, 0.1) is 0 Å². The number of primary amides is 1. The summed E-state index contributed by atoms with van der Waals surface area (Å²) in [6.45, 7) is 4.90. The predicted octanol–water partition coefficient (Wildman–Crippen LogP) is 0.796. The Kier molecular flexibility index (Phi) is 5.20. The van der Waals surface area contributed by atoms with Crippen LogP contribution in [0.1, 0.15) is 13.8 Å². The molecule has 0 saturated heterocycles. The number of amides is 2. The van der Waals surface area contributed by atoms with Crippen molar-refractivity contribution >= 4 is 17.8 Å². The van der Waals surface area contributed by atoms with Crippen LogP contribution in [0.25, 0.3) is 0 Å². The highest BCUT2D eigenvalue weighted by atomic mass is 32.2. The molecule has 0 spiro atoms. The van der Waals surface area contributed by atoms with E-state index in [-0.39, 0.29) is 0 Å². The molecule has 2 amide bonds. The number of hydrogen-bond donors (Lipinski definition) is 2. The first kappa shape index (κ1) is 9.62. The number of nitrogens with two attached hydrogens (primary N) is 1. The smallest absolute Gasteiger partial charge is 0.312 e. The van der Waals surface area contributed by atoms with Crippen molar-refractivity contribution in [2.24, 2.45) is 5.73 Å². The number of carbonyl (C=O) groups is 1. The topological polar surface area (TPSA) is 55.1 Å². The lowest BCUT2D eigenvalue weighted by molar-refractivity contribution is 0.249. The Labute approximate surface area is 65.7 Å². The third kappa shape index (κ3) is 7.62. The molecule has 0 aromatic rings. The number of carbonyl (C=O) groups excluding carboxylic acids is 1. The number of thioether (sulfide) groups is 1. The van der Waals surface area contributed by atoms with Gasteiger partial charge in [-0.15, -0.1) is 0 Å². The summed E-state index contributed by atoms with van der Waals surface area (Å²) in [6.07, 6.45) is 0. The van der Waals surface area contributed by atoms with Crippen LogP contribution in [0.2, 0.25) is 0 Å². The molecule has 0 radical (unpaired) electrons. The van der Waals surface area contributed by atoms with Crippen molar-refractivity contribution < 1.29 is 4.79 Å². The lowest BCUT2D eigenvalue weighted by Gasteiger charge is -2.03. The fourth-order valence-corrected chi connectivity index (χ4v) is 1.16. The molecule has 0 fully saturated rings. The van der Waals surface area contributed by atoms with E-state index in [1.54, 1.807) is 11.8 Å². The Morgan fingerprint density at radius 3 is 2.70 bits per heavy atom. The van der Waals surface area contributed by atoms with E-state index < -0.39 is 6.03 Å². The Hall–Kier alpha value is -0.380. The zero-order valence-corrected chi connectivity index (χ0v) is 7.20. The van der Waals surface area contributed by atoms with Crippen LogP contribution in [-0.4, -0.2) is 23.6 Å². The highest BCUT2D eigenvalue weighted by Gasteiger charge is 1.94. The lowest BCUT2D eigenvalue weighted by Crippen LogP contribution is -2.31. The summed E-state index contributed by atoms with van der Waals surface area (Å²) in [7, 11) is 0. The van der Waals surface area contributed by atoms with Gasteiger partial charge < -0.3 is 11.1 Å². The fraction of sp³-hybridized carbons (Fsp3) is 0.833. The molecule has 0 aliphatic carbocycles. The number of rotatable bonds is 4. The standard InChI is InChI=1S/C6H14N2OS/c1-5(2)10-4-3-8-6(7)9/h5H,3-4H2,1-2H3,(H3,7,8,9). The molecule has 60 valence electrons. The van der Waals surface area contributed by atoms with Crippen molar-refractivity contribution in [2.75, 3.05) is 12.3 Å². The molecule has 0 unspecified atom stereocenters. The van der Waals surface area contributed by atoms with Gasteiger partial charge in [0.2, 0.25) is 0 Å². The first-order valence-corrected chi connectivity index (χ1v) is 4.32. The van der Waals surface area contributed by atoms with Gasteiger partial charge >= 0.3 is 6.03 Å². The molecular formula is C6H14N2OS. The van der Waals surface area contributed by atoms with Gasteiger partial charge in [-0.3, -0.25) is 0 Å². The van der Waals surface area contributed by atoms with Gasteiger partial charge in [-0.05, 0) is 5.25 Å². The molecule has 0 aromatic carbocycles. The van der Waals surface area contributed by atoms with Crippen LogP contribution in [0.4, 0.5) is 4.79 Å². The Morgan fingerprint density at radius 2 is 2.30 bits per heavy atom. The van der Waals surface area contributed by atoms with E-state index in [0.717, 1.165) is 5.75 Å². The van der Waals surface area contributed by atoms with Gasteiger partial charge in [-0.1, -0.05) is 13.8 Å². The average molecular weight is 162 g/mol. The Balaban J connectivity index is 2.98. The van der Waals surface area contributed by atoms with Crippen LogP contribution in [0.5, 0.6) is 0 Å². The predicted molar refractivity (Wildman–Crippen MR) is 45.2 cm³/mol. The van der Waals surface area contributed by atoms with Gasteiger partial charge in [0.1, 0.15) is 0 Å². The van der Waals surface area contributed by atoms with E-state index in [4.69, 9.17) is 5.73 Å². The van der Waals surface area contributed by atoms with Gasteiger partial charge in [0.05, 0.1) is 0 Å². The van der Waals surface area contributed by atoms with Gasteiger partial charge in [-0.25, -0.2) is 4.79 Å². The van der Waals surface area contributed by atoms with E-state index in [9.17, 15) is 4.79 Å². The second-order valence-corrected chi connectivity index (χ2v) is 3.89. The first-order valence-electron chi connectivity index (χ1n) is 3.28. The maximum atomic E-state index is 10.1. The zero-order valence-electron chi connectivity index (χ0n) is 6.39. The van der Waals surface area contributed by atoms with Crippen molar-refractivity contribution in [1.29, 1.82) is 0 Å². The van der Waals surface area contributed by atoms with Gasteiger partial charge in [0.25, 0.3) is 0 Å². The second kappa shape index (κ2) is 5.41. The van der Waals surface area contributed by atoms with Gasteiger partial charge in [0.15, 0.2) is 0 Å². The minimum Gasteiger partial charge on any atom is -0.352 e. The van der Waals surface area contributed by atoms with Crippen molar-refractivity contribution in [1.82, 2.24) is 5.32 Å². The van der Waals surface area contributed by atoms with Crippen molar-refractivity contribution in [2.45, 2.75) is 19.1 Å². The van der Waals surface area contributed by atoms with Crippen molar-refractivity contribution in [3.8, 4) is 0 Å². The molecular weight excluding hydrogens is 148 g/mol. The van der Waals surface area contributed by atoms with Crippen molar-refractivity contribution in [3.63, 3.8) is 0 Å². The van der Waals surface area contributed by atoms with Crippen LogP contribution in [-0.2, 0) is 0 Å². The van der Waals surface area contributed by atoms with Crippen LogP contribution in [0.15, 0.2) is 0 Å². The average Bonchev–Trinajstić information content (AvgIpc) is 1.79. The molecule has 0 aliphatic rings. The molecule has 0 aromatic heterocycles. The van der Waals surface area contributed by atoms with E-state index >= 15 is 0 Å². The summed E-state index contributed by atoms with van der Waals surface area (Å²) in [5.74, 6) is 0.931. The largest absolute Gasteiger partial charge is 0.352 e. The van der Waals surface area contributed by atoms with E-state index in [0.29, 0.717) is 11.8 Å². The summed E-state index contributed by atoms with van der Waals surface area (Å²) in [5.41, 5.74) is 4.85. The lowest BCUT2D eigenvalue weighted by atomic mass is 10.6. The molecule has 0 rings (SSSR count). The van der Waals surface area contributed by atoms with Crippen LogP contribution >= 0.6 is 11.8 Å². The molecule has 3 nitrogen and oxygen atoms in total. The monoisotopic (exact) mass is 162 g/mol. The SMILES string of the molecule is CC(C)SCCNC(N)=O. The van der Waals surface area contributed by atoms with E-state index in [1.165, 1.54) is 0 Å². The third-order valence-electron chi connectivity index (χ3n) is 0.852. The highest BCUT2D eigenvalue weighted by molar-refractivity contribution is 7.99. The normalized spacial score (nSPS) is 9.90. The highest BCUT2D eigenvalue weighted by Crippen LogP contribution is 2.06. The minimum absolute atomic E-state index is 0.440. The Morgan fingerprint density at radius 1 is 1.70 bits per heavy atom. The number of urea groups is 1. The summed E-state index contributed by atoms with van der Waals surface area (Å²) in [5, 5.41) is 3.14. The van der Waals surface area contributed by atoms with Crippen molar-refractivity contribution in [3.05, 3.63) is 0 Å². The maximum absolute atomic E-state index is 10.1. The van der Waals surface area contributed by atoms with Crippen LogP contribution in [0.3, 0.4) is 0 Å². The van der Waals surface area contributed by atoms with Gasteiger partial charge in [-0.2, -0.15) is 11.8 Å². The van der Waals surface area contributed by atoms with E-state index in [1.807, 2.05) is 0 Å².